The minimum Gasteiger partial charge on any atom is -0.480 e. The monoisotopic (exact) mass is 212 g/mol. The van der Waals surface area contributed by atoms with Crippen molar-refractivity contribution in [3.05, 3.63) is 11.3 Å². The summed E-state index contributed by atoms with van der Waals surface area (Å²) in [5.41, 5.74) is 7.11. The molecule has 4 N–H and O–H groups in total. The first-order chi connectivity index (χ1) is 7.02. The number of carbonyl (C=O) groups excluding carboxylic acids is 1. The first-order valence-electron chi connectivity index (χ1n) is 4.97. The highest BCUT2D eigenvalue weighted by Crippen LogP contribution is 2.30. The van der Waals surface area contributed by atoms with Crippen LogP contribution in [0, 0.1) is 0 Å². The second-order valence-electron chi connectivity index (χ2n) is 3.69. The number of hydrogen-bond donors (Lipinski definition) is 3. The first kappa shape index (κ1) is 11.7. The standard InChI is InChI=1S/C10H16N2O3/c1-6(13)9(7-2-3-7)12-5-4-8(11)10(14)15/h8,12H,2-5,11H2,1H3,(H,14,15). The fourth-order valence-electron chi connectivity index (χ4n) is 1.29. The van der Waals surface area contributed by atoms with Crippen LogP contribution in [0.2, 0.25) is 0 Å². The van der Waals surface area contributed by atoms with Crippen molar-refractivity contribution < 1.29 is 14.7 Å². The lowest BCUT2D eigenvalue weighted by Crippen LogP contribution is -2.34. The van der Waals surface area contributed by atoms with E-state index in [0.717, 1.165) is 18.4 Å². The summed E-state index contributed by atoms with van der Waals surface area (Å²) in [7, 11) is 0. The molecule has 0 aromatic rings. The van der Waals surface area contributed by atoms with Crippen molar-refractivity contribution in [2.45, 2.75) is 32.2 Å². The largest absolute Gasteiger partial charge is 0.480 e. The van der Waals surface area contributed by atoms with Crippen LogP contribution in [0.4, 0.5) is 0 Å². The van der Waals surface area contributed by atoms with Gasteiger partial charge in [-0.15, -0.1) is 0 Å². The average Bonchev–Trinajstić information content (AvgIpc) is 2.94. The highest BCUT2D eigenvalue weighted by molar-refractivity contribution is 5.94. The van der Waals surface area contributed by atoms with Crippen LogP contribution >= 0.6 is 0 Å². The number of hydrogen-bond acceptors (Lipinski definition) is 4. The molecule has 0 heterocycles. The number of nitrogens with two attached hydrogens (primary N) is 1. The molecular formula is C10H16N2O3. The van der Waals surface area contributed by atoms with Gasteiger partial charge in [0, 0.05) is 13.5 Å². The van der Waals surface area contributed by atoms with Gasteiger partial charge in [0.05, 0.1) is 5.70 Å². The lowest BCUT2D eigenvalue weighted by molar-refractivity contribution is -0.138. The van der Waals surface area contributed by atoms with Crippen molar-refractivity contribution in [2.75, 3.05) is 6.54 Å². The Morgan fingerprint density at radius 3 is 2.53 bits per heavy atom. The average molecular weight is 212 g/mol. The molecule has 1 atom stereocenters. The Bertz CT molecular complexity index is 304. The van der Waals surface area contributed by atoms with Crippen molar-refractivity contribution in [1.82, 2.24) is 5.32 Å². The van der Waals surface area contributed by atoms with Crippen molar-refractivity contribution in [1.29, 1.82) is 0 Å². The van der Waals surface area contributed by atoms with E-state index in [4.69, 9.17) is 10.8 Å². The summed E-state index contributed by atoms with van der Waals surface area (Å²) in [5, 5.41) is 11.5. The van der Waals surface area contributed by atoms with Crippen LogP contribution in [-0.4, -0.2) is 29.4 Å². The van der Waals surface area contributed by atoms with Crippen molar-refractivity contribution in [2.24, 2.45) is 5.73 Å². The highest BCUT2D eigenvalue weighted by atomic mass is 16.4. The summed E-state index contributed by atoms with van der Waals surface area (Å²) < 4.78 is 0. The zero-order valence-corrected chi connectivity index (χ0v) is 8.75. The maximum atomic E-state index is 11.2. The molecule has 0 aromatic carbocycles. The molecule has 0 aromatic heterocycles. The van der Waals surface area contributed by atoms with Crippen molar-refractivity contribution in [3.63, 3.8) is 0 Å². The van der Waals surface area contributed by atoms with Crippen LogP contribution in [0.3, 0.4) is 0 Å². The second kappa shape index (κ2) is 4.93. The van der Waals surface area contributed by atoms with E-state index in [1.54, 1.807) is 0 Å². The predicted molar refractivity (Wildman–Crippen MR) is 55.2 cm³/mol. The number of carboxylic acid groups (broad SMARTS) is 1. The van der Waals surface area contributed by atoms with Gasteiger partial charge in [-0.25, -0.2) is 0 Å². The summed E-state index contributed by atoms with van der Waals surface area (Å²) in [6.07, 6.45) is 2.25. The van der Waals surface area contributed by atoms with Crippen LogP contribution in [-0.2, 0) is 9.59 Å². The Kier molecular flexibility index (Phi) is 3.85. The minimum absolute atomic E-state index is 0.00592. The number of aliphatic carboxylic acids is 1. The number of carboxylic acids is 1. The third kappa shape index (κ3) is 3.71. The molecule has 5 nitrogen and oxygen atoms in total. The van der Waals surface area contributed by atoms with E-state index in [2.05, 4.69) is 5.32 Å². The molecule has 0 aliphatic heterocycles. The fourth-order valence-corrected chi connectivity index (χ4v) is 1.29. The van der Waals surface area contributed by atoms with Gasteiger partial charge in [0.2, 0.25) is 0 Å². The third-order valence-electron chi connectivity index (χ3n) is 2.28. The van der Waals surface area contributed by atoms with E-state index < -0.39 is 12.0 Å². The van der Waals surface area contributed by atoms with Gasteiger partial charge in [-0.05, 0) is 24.8 Å². The molecule has 1 saturated carbocycles. The van der Waals surface area contributed by atoms with E-state index in [1.807, 2.05) is 0 Å². The van der Waals surface area contributed by atoms with Gasteiger partial charge in [-0.1, -0.05) is 0 Å². The molecule has 1 aliphatic carbocycles. The van der Waals surface area contributed by atoms with Crippen molar-refractivity contribution in [3.8, 4) is 0 Å². The smallest absolute Gasteiger partial charge is 0.320 e. The number of ketones is 1. The van der Waals surface area contributed by atoms with E-state index in [9.17, 15) is 9.59 Å². The Balaban J connectivity index is 2.33. The maximum Gasteiger partial charge on any atom is 0.320 e. The van der Waals surface area contributed by atoms with Gasteiger partial charge < -0.3 is 16.2 Å². The number of Topliss-reactive ketones (excluding diaryl/α,β-unsaturated/α-hetero) is 1. The van der Waals surface area contributed by atoms with Crippen LogP contribution in [0.15, 0.2) is 11.3 Å². The van der Waals surface area contributed by atoms with Crippen LogP contribution in [0.1, 0.15) is 26.2 Å². The Morgan fingerprint density at radius 1 is 1.53 bits per heavy atom. The topological polar surface area (TPSA) is 92.4 Å². The minimum atomic E-state index is -1.01. The molecule has 0 saturated heterocycles. The number of allylic oxidation sites excluding steroid dienone is 2. The molecular weight excluding hydrogens is 196 g/mol. The van der Waals surface area contributed by atoms with Gasteiger partial charge in [-0.3, -0.25) is 9.59 Å². The molecule has 1 unspecified atom stereocenters. The third-order valence-corrected chi connectivity index (χ3v) is 2.28. The van der Waals surface area contributed by atoms with Gasteiger partial charge in [0.1, 0.15) is 6.04 Å². The summed E-state index contributed by atoms with van der Waals surface area (Å²) in [4.78, 5) is 21.6. The Morgan fingerprint density at radius 2 is 2.13 bits per heavy atom. The molecule has 5 heteroatoms. The summed E-state index contributed by atoms with van der Waals surface area (Å²) in [5.74, 6) is -1.01. The number of rotatable bonds is 6. The fraction of sp³-hybridized carbons (Fsp3) is 0.600. The Hall–Kier alpha value is -1.36. The summed E-state index contributed by atoms with van der Waals surface area (Å²) >= 11 is 0. The highest BCUT2D eigenvalue weighted by Gasteiger charge is 2.20. The van der Waals surface area contributed by atoms with Crippen molar-refractivity contribution >= 4 is 11.8 Å². The number of nitrogens with one attached hydrogen (secondary N) is 1. The first-order valence-corrected chi connectivity index (χ1v) is 4.97. The molecule has 1 fully saturated rings. The second-order valence-corrected chi connectivity index (χ2v) is 3.69. The molecule has 0 amide bonds. The molecule has 0 spiro atoms. The molecule has 15 heavy (non-hydrogen) atoms. The predicted octanol–water partition coefficient (Wildman–Crippen LogP) is 0.0149. The maximum absolute atomic E-state index is 11.2. The van der Waals surface area contributed by atoms with E-state index in [1.165, 1.54) is 6.92 Å². The van der Waals surface area contributed by atoms with Crippen LogP contribution in [0.25, 0.3) is 0 Å². The molecule has 0 bridgehead atoms. The van der Waals surface area contributed by atoms with Gasteiger partial charge in [0.15, 0.2) is 5.78 Å². The molecule has 1 rings (SSSR count). The number of carbonyl (C=O) groups is 2. The zero-order valence-electron chi connectivity index (χ0n) is 8.75. The molecule has 1 aliphatic rings. The lowest BCUT2D eigenvalue weighted by atomic mass is 10.2. The van der Waals surface area contributed by atoms with Gasteiger partial charge in [-0.2, -0.15) is 0 Å². The van der Waals surface area contributed by atoms with Crippen LogP contribution < -0.4 is 11.1 Å². The quantitative estimate of drug-likeness (QED) is 0.539. The lowest BCUT2D eigenvalue weighted by Gasteiger charge is -2.09. The van der Waals surface area contributed by atoms with E-state index >= 15 is 0 Å². The van der Waals surface area contributed by atoms with Gasteiger partial charge in [0.25, 0.3) is 0 Å². The SMILES string of the molecule is CC(=O)C(NCCC(N)C(=O)O)=C1CC1. The van der Waals surface area contributed by atoms with Crippen LogP contribution in [0.5, 0.6) is 0 Å². The van der Waals surface area contributed by atoms with E-state index in [-0.39, 0.29) is 5.78 Å². The molecule has 84 valence electrons. The van der Waals surface area contributed by atoms with E-state index in [0.29, 0.717) is 18.7 Å². The zero-order chi connectivity index (χ0) is 11.4. The van der Waals surface area contributed by atoms with Gasteiger partial charge >= 0.3 is 5.97 Å². The summed E-state index contributed by atoms with van der Waals surface area (Å²) in [6, 6.07) is -0.866. The summed E-state index contributed by atoms with van der Waals surface area (Å²) in [6.45, 7) is 1.93. The normalized spacial score (nSPS) is 15.7. The molecule has 0 radical (unpaired) electrons. The Labute approximate surface area is 88.3 Å².